The Kier molecular flexibility index (Phi) is 3.84. The molecule has 1 saturated carbocycles. The van der Waals surface area contributed by atoms with Gasteiger partial charge in [-0.15, -0.1) is 0 Å². The first kappa shape index (κ1) is 15.0. The number of benzene rings is 1. The van der Waals surface area contributed by atoms with E-state index in [0.29, 0.717) is 11.4 Å². The van der Waals surface area contributed by atoms with Gasteiger partial charge in [-0.2, -0.15) is 4.31 Å². The van der Waals surface area contributed by atoms with Crippen molar-refractivity contribution >= 4 is 10.0 Å². The molecule has 1 aromatic carbocycles. The summed E-state index contributed by atoms with van der Waals surface area (Å²) < 4.78 is 27.3. The molecular weight excluding hydrogens is 286 g/mol. The molecular formula is C16H23NO3S. The highest BCUT2D eigenvalue weighted by Crippen LogP contribution is 2.49. The quantitative estimate of drug-likeness (QED) is 0.932. The summed E-state index contributed by atoms with van der Waals surface area (Å²) >= 11 is 0. The van der Waals surface area contributed by atoms with Crippen LogP contribution in [0.25, 0.3) is 0 Å². The van der Waals surface area contributed by atoms with Crippen molar-refractivity contribution in [3.05, 3.63) is 29.8 Å². The average Bonchev–Trinajstić information content (AvgIpc) is 3.07. The summed E-state index contributed by atoms with van der Waals surface area (Å²) in [4.78, 5) is 0.335. The minimum Gasteiger partial charge on any atom is -0.395 e. The third-order valence-electron chi connectivity index (χ3n) is 5.07. The first-order valence-electron chi connectivity index (χ1n) is 7.66. The third kappa shape index (κ3) is 2.62. The van der Waals surface area contributed by atoms with Gasteiger partial charge in [0.05, 0.1) is 11.5 Å². The van der Waals surface area contributed by atoms with Gasteiger partial charge in [0, 0.05) is 12.6 Å². The Balaban J connectivity index is 1.92. The van der Waals surface area contributed by atoms with Crippen LogP contribution < -0.4 is 0 Å². The molecule has 0 amide bonds. The summed E-state index contributed by atoms with van der Waals surface area (Å²) in [7, 11) is -3.51. The van der Waals surface area contributed by atoms with Gasteiger partial charge in [0.15, 0.2) is 0 Å². The summed E-state index contributed by atoms with van der Waals surface area (Å²) in [6.07, 6.45) is 5.33. The van der Waals surface area contributed by atoms with Crippen LogP contribution in [0.2, 0.25) is 0 Å². The summed E-state index contributed by atoms with van der Waals surface area (Å²) in [5, 5.41) is 9.63. The van der Waals surface area contributed by atoms with Crippen molar-refractivity contribution < 1.29 is 13.5 Å². The molecule has 0 bridgehead atoms. The Hall–Kier alpha value is -0.910. The molecule has 2 aliphatic rings. The van der Waals surface area contributed by atoms with Gasteiger partial charge in [0.1, 0.15) is 0 Å². The summed E-state index contributed by atoms with van der Waals surface area (Å²) in [5.74, 6) is 0. The van der Waals surface area contributed by atoms with Crippen LogP contribution in [0.15, 0.2) is 29.2 Å². The minimum absolute atomic E-state index is 0.0904. The van der Waals surface area contributed by atoms with E-state index in [4.69, 9.17) is 0 Å². The van der Waals surface area contributed by atoms with E-state index >= 15 is 0 Å². The van der Waals surface area contributed by atoms with Crippen LogP contribution in [0.5, 0.6) is 0 Å². The van der Waals surface area contributed by atoms with Crippen molar-refractivity contribution in [2.45, 2.75) is 50.0 Å². The van der Waals surface area contributed by atoms with Gasteiger partial charge >= 0.3 is 0 Å². The lowest BCUT2D eigenvalue weighted by Gasteiger charge is -2.24. The van der Waals surface area contributed by atoms with Gasteiger partial charge in [0.2, 0.25) is 10.0 Å². The minimum atomic E-state index is -3.51. The Morgan fingerprint density at radius 1 is 1.24 bits per heavy atom. The van der Waals surface area contributed by atoms with Crippen LogP contribution in [0.3, 0.4) is 0 Å². The SMILES string of the molecule is Cc1ccc(S(=O)(=O)N2CC3(CCCC3)C[C@H]2CO)cc1. The van der Waals surface area contributed by atoms with E-state index in [2.05, 4.69) is 0 Å². The number of nitrogens with zero attached hydrogens (tertiary/aromatic N) is 1. The normalized spacial score (nSPS) is 25.7. The second kappa shape index (κ2) is 5.38. The van der Waals surface area contributed by atoms with Crippen molar-refractivity contribution in [3.63, 3.8) is 0 Å². The third-order valence-corrected chi connectivity index (χ3v) is 6.98. The molecule has 116 valence electrons. The zero-order chi connectivity index (χ0) is 15.1. The second-order valence-electron chi connectivity index (χ2n) is 6.61. The molecule has 21 heavy (non-hydrogen) atoms. The van der Waals surface area contributed by atoms with E-state index in [1.807, 2.05) is 19.1 Å². The van der Waals surface area contributed by atoms with Crippen LogP contribution in [-0.4, -0.2) is 37.0 Å². The van der Waals surface area contributed by atoms with E-state index in [9.17, 15) is 13.5 Å². The number of hydrogen-bond acceptors (Lipinski definition) is 3. The second-order valence-corrected chi connectivity index (χ2v) is 8.50. The van der Waals surface area contributed by atoms with Crippen LogP contribution in [0, 0.1) is 12.3 Å². The standard InChI is InChI=1S/C16H23NO3S/c1-13-4-6-15(7-5-13)21(19,20)17-12-16(8-2-3-9-16)10-14(17)11-18/h4-7,14,18H,2-3,8-12H2,1H3/t14-/m0/s1. The molecule has 1 atom stereocenters. The van der Waals surface area contributed by atoms with Crippen LogP contribution in [0.1, 0.15) is 37.7 Å². The zero-order valence-electron chi connectivity index (χ0n) is 12.5. The molecule has 1 saturated heterocycles. The van der Waals surface area contributed by atoms with Crippen molar-refractivity contribution in [3.8, 4) is 0 Å². The van der Waals surface area contributed by atoms with E-state index in [1.54, 1.807) is 16.4 Å². The summed E-state index contributed by atoms with van der Waals surface area (Å²) in [6.45, 7) is 2.41. The molecule has 5 heteroatoms. The fraction of sp³-hybridized carbons (Fsp3) is 0.625. The van der Waals surface area contributed by atoms with Crippen molar-refractivity contribution in [2.75, 3.05) is 13.2 Å². The van der Waals surface area contributed by atoms with Crippen LogP contribution in [0.4, 0.5) is 0 Å². The smallest absolute Gasteiger partial charge is 0.243 e. The van der Waals surface area contributed by atoms with Crippen molar-refractivity contribution in [1.82, 2.24) is 4.31 Å². The number of sulfonamides is 1. The molecule has 1 aliphatic heterocycles. The lowest BCUT2D eigenvalue weighted by Crippen LogP contribution is -2.38. The zero-order valence-corrected chi connectivity index (χ0v) is 13.3. The lowest BCUT2D eigenvalue weighted by atomic mass is 9.84. The predicted molar refractivity (Wildman–Crippen MR) is 81.5 cm³/mol. The van der Waals surface area contributed by atoms with Crippen LogP contribution >= 0.6 is 0 Å². The van der Waals surface area contributed by atoms with Gasteiger partial charge in [-0.25, -0.2) is 8.42 Å². The summed E-state index contributed by atoms with van der Waals surface area (Å²) in [5.41, 5.74) is 1.15. The molecule has 1 spiro atoms. The molecule has 1 N–H and O–H groups in total. The monoisotopic (exact) mass is 309 g/mol. The Morgan fingerprint density at radius 3 is 2.43 bits per heavy atom. The van der Waals surface area contributed by atoms with E-state index in [0.717, 1.165) is 24.8 Å². The van der Waals surface area contributed by atoms with Crippen molar-refractivity contribution in [1.29, 1.82) is 0 Å². The van der Waals surface area contributed by atoms with Gasteiger partial charge in [-0.3, -0.25) is 0 Å². The van der Waals surface area contributed by atoms with Gasteiger partial charge in [-0.05, 0) is 43.7 Å². The molecule has 3 rings (SSSR count). The average molecular weight is 309 g/mol. The number of aliphatic hydroxyl groups is 1. The highest BCUT2D eigenvalue weighted by atomic mass is 32.2. The molecule has 1 heterocycles. The number of rotatable bonds is 3. The summed E-state index contributed by atoms with van der Waals surface area (Å²) in [6, 6.07) is 6.71. The molecule has 0 aromatic heterocycles. The van der Waals surface area contributed by atoms with Gasteiger partial charge in [-0.1, -0.05) is 30.5 Å². The molecule has 1 aliphatic carbocycles. The van der Waals surface area contributed by atoms with E-state index in [-0.39, 0.29) is 18.1 Å². The van der Waals surface area contributed by atoms with Crippen LogP contribution in [-0.2, 0) is 10.0 Å². The van der Waals surface area contributed by atoms with Gasteiger partial charge < -0.3 is 5.11 Å². The molecule has 0 unspecified atom stereocenters. The largest absolute Gasteiger partial charge is 0.395 e. The number of aryl methyl sites for hydroxylation is 1. The molecule has 0 radical (unpaired) electrons. The highest BCUT2D eigenvalue weighted by molar-refractivity contribution is 7.89. The highest BCUT2D eigenvalue weighted by Gasteiger charge is 2.49. The predicted octanol–water partition coefficient (Wildman–Crippen LogP) is 2.31. The van der Waals surface area contributed by atoms with Gasteiger partial charge in [0.25, 0.3) is 0 Å². The Morgan fingerprint density at radius 2 is 1.86 bits per heavy atom. The van der Waals surface area contributed by atoms with Crippen molar-refractivity contribution in [2.24, 2.45) is 5.41 Å². The first-order valence-corrected chi connectivity index (χ1v) is 9.10. The topological polar surface area (TPSA) is 57.6 Å². The molecule has 2 fully saturated rings. The maximum atomic E-state index is 12.9. The maximum Gasteiger partial charge on any atom is 0.243 e. The maximum absolute atomic E-state index is 12.9. The Bertz CT molecular complexity index is 603. The number of hydrogen-bond donors (Lipinski definition) is 1. The fourth-order valence-corrected chi connectivity index (χ4v) is 5.62. The lowest BCUT2D eigenvalue weighted by molar-refractivity contribution is 0.212. The molecule has 4 nitrogen and oxygen atoms in total. The molecule has 1 aromatic rings. The van der Waals surface area contributed by atoms with E-state index < -0.39 is 10.0 Å². The first-order chi connectivity index (χ1) is 9.97. The number of aliphatic hydroxyl groups excluding tert-OH is 1. The Labute approximate surface area is 126 Å². The fourth-order valence-electron chi connectivity index (χ4n) is 3.90. The van der Waals surface area contributed by atoms with E-state index in [1.165, 1.54) is 12.8 Å².